The van der Waals surface area contributed by atoms with Gasteiger partial charge in [-0.15, -0.1) is 0 Å². The molecule has 3 heterocycles. The van der Waals surface area contributed by atoms with Crippen molar-refractivity contribution in [1.29, 1.82) is 0 Å². The Morgan fingerprint density at radius 2 is 2.32 bits per heavy atom. The van der Waals surface area contributed by atoms with Crippen LogP contribution in [0.5, 0.6) is 0 Å². The van der Waals surface area contributed by atoms with Crippen LogP contribution in [-0.4, -0.2) is 49.7 Å². The highest BCUT2D eigenvalue weighted by Crippen LogP contribution is 2.17. The van der Waals surface area contributed by atoms with Crippen LogP contribution in [0.25, 0.3) is 5.52 Å². The lowest BCUT2D eigenvalue weighted by atomic mass is 10.3. The molecule has 0 amide bonds. The summed E-state index contributed by atoms with van der Waals surface area (Å²) in [6.45, 7) is 1.98. The third-order valence-corrected chi connectivity index (χ3v) is 3.44. The summed E-state index contributed by atoms with van der Waals surface area (Å²) in [6, 6.07) is 5.40. The Morgan fingerprint density at radius 3 is 3.00 bits per heavy atom. The predicted octanol–water partition coefficient (Wildman–Crippen LogP) is 0.599. The van der Waals surface area contributed by atoms with Gasteiger partial charge in [0.2, 0.25) is 0 Å². The highest BCUT2D eigenvalue weighted by Gasteiger charge is 2.23. The Bertz CT molecular complexity index is 623. The molecule has 0 spiro atoms. The Labute approximate surface area is 109 Å². The van der Waals surface area contributed by atoms with Gasteiger partial charge in [-0.05, 0) is 18.6 Å². The van der Waals surface area contributed by atoms with Crippen molar-refractivity contribution in [1.82, 2.24) is 14.3 Å². The molecular weight excluding hydrogens is 246 g/mol. The van der Waals surface area contributed by atoms with Crippen LogP contribution in [0.2, 0.25) is 0 Å². The number of pyridine rings is 1. The number of hydrogen-bond donors (Lipinski definition) is 2. The number of carboxylic acid groups (broad SMARTS) is 1. The van der Waals surface area contributed by atoms with Crippen molar-refractivity contribution >= 4 is 11.5 Å². The number of aromatic carboxylic acids is 1. The van der Waals surface area contributed by atoms with Gasteiger partial charge in [0.05, 0.1) is 18.2 Å². The first-order valence-corrected chi connectivity index (χ1v) is 6.25. The number of carboxylic acids is 1. The summed E-state index contributed by atoms with van der Waals surface area (Å²) in [5.74, 6) is -0.321. The molecule has 6 heteroatoms. The molecule has 100 valence electrons. The molecule has 3 rings (SSSR count). The number of rotatable bonds is 3. The van der Waals surface area contributed by atoms with Crippen molar-refractivity contribution in [3.63, 3.8) is 0 Å². The molecule has 0 aromatic carbocycles. The topological polar surface area (TPSA) is 78.1 Å². The number of carbonyl (C=O) groups is 1. The Kier molecular flexibility index (Phi) is 2.96. The molecule has 2 aromatic rings. The van der Waals surface area contributed by atoms with Gasteiger partial charge in [-0.3, -0.25) is 4.90 Å². The second-order valence-corrected chi connectivity index (χ2v) is 4.82. The minimum Gasteiger partial charge on any atom is -0.476 e. The van der Waals surface area contributed by atoms with Crippen LogP contribution < -0.4 is 0 Å². The minimum atomic E-state index is -1.02. The Hall–Kier alpha value is -1.92. The van der Waals surface area contributed by atoms with Gasteiger partial charge in [0, 0.05) is 19.3 Å². The number of likely N-dealkylation sites (tertiary alicyclic amines) is 1. The fourth-order valence-corrected chi connectivity index (χ4v) is 2.53. The molecule has 1 unspecified atom stereocenters. The summed E-state index contributed by atoms with van der Waals surface area (Å²) in [6.07, 6.45) is 2.29. The largest absolute Gasteiger partial charge is 0.476 e. The van der Waals surface area contributed by atoms with E-state index in [-0.39, 0.29) is 11.8 Å². The lowest BCUT2D eigenvalue weighted by Crippen LogP contribution is -2.22. The molecule has 0 saturated carbocycles. The van der Waals surface area contributed by atoms with Gasteiger partial charge < -0.3 is 14.6 Å². The highest BCUT2D eigenvalue weighted by molar-refractivity contribution is 5.93. The fraction of sp³-hybridized carbons (Fsp3) is 0.385. The van der Waals surface area contributed by atoms with Gasteiger partial charge in [-0.1, -0.05) is 6.07 Å². The van der Waals surface area contributed by atoms with Crippen molar-refractivity contribution < 1.29 is 15.0 Å². The van der Waals surface area contributed by atoms with Gasteiger partial charge in [0.15, 0.2) is 5.69 Å². The molecule has 0 radical (unpaired) electrons. The van der Waals surface area contributed by atoms with Crippen molar-refractivity contribution in [2.24, 2.45) is 0 Å². The van der Waals surface area contributed by atoms with Crippen LogP contribution >= 0.6 is 0 Å². The summed E-state index contributed by atoms with van der Waals surface area (Å²) in [7, 11) is 0. The van der Waals surface area contributed by atoms with E-state index < -0.39 is 5.97 Å². The average Bonchev–Trinajstić information content (AvgIpc) is 2.95. The first-order chi connectivity index (χ1) is 9.15. The standard InChI is InChI=1S/C13H15N3O3/c17-9-4-6-15(7-9)8-11-14-12(13(18)19)10-3-1-2-5-16(10)11/h1-3,5,9,17H,4,6-8H2,(H,18,19). The second kappa shape index (κ2) is 4.64. The van der Waals surface area contributed by atoms with Gasteiger partial charge in [-0.2, -0.15) is 0 Å². The molecule has 0 bridgehead atoms. The molecule has 1 aliphatic heterocycles. The molecule has 1 saturated heterocycles. The first-order valence-electron chi connectivity index (χ1n) is 6.25. The Morgan fingerprint density at radius 1 is 1.47 bits per heavy atom. The summed E-state index contributed by atoms with van der Waals surface area (Å²) >= 11 is 0. The van der Waals surface area contributed by atoms with Crippen molar-refractivity contribution in [3.05, 3.63) is 35.9 Å². The molecule has 2 aromatic heterocycles. The van der Waals surface area contributed by atoms with Crippen LogP contribution in [0.3, 0.4) is 0 Å². The first kappa shape index (κ1) is 12.1. The van der Waals surface area contributed by atoms with Crippen LogP contribution in [0.1, 0.15) is 22.7 Å². The molecule has 2 N–H and O–H groups in total. The summed E-state index contributed by atoms with van der Waals surface area (Å²) < 4.78 is 1.80. The van der Waals surface area contributed by atoms with E-state index in [0.29, 0.717) is 24.4 Å². The monoisotopic (exact) mass is 261 g/mol. The van der Waals surface area contributed by atoms with E-state index in [1.165, 1.54) is 0 Å². The summed E-state index contributed by atoms with van der Waals surface area (Å²) in [5, 5.41) is 18.7. The average molecular weight is 261 g/mol. The van der Waals surface area contributed by atoms with Crippen LogP contribution in [0.4, 0.5) is 0 Å². The zero-order chi connectivity index (χ0) is 13.4. The van der Waals surface area contributed by atoms with Crippen LogP contribution in [0.15, 0.2) is 24.4 Å². The number of nitrogens with zero attached hydrogens (tertiary/aromatic N) is 3. The predicted molar refractivity (Wildman–Crippen MR) is 68.1 cm³/mol. The number of β-amino-alcohol motifs (C(OH)–C–C–N with tert-alkyl or cyclic N) is 1. The molecule has 1 aliphatic rings. The van der Waals surface area contributed by atoms with E-state index in [0.717, 1.165) is 13.0 Å². The van der Waals surface area contributed by atoms with Crippen LogP contribution in [-0.2, 0) is 6.54 Å². The zero-order valence-electron chi connectivity index (χ0n) is 10.4. The lowest BCUT2D eigenvalue weighted by Gasteiger charge is -2.13. The number of imidazole rings is 1. The molecule has 1 atom stereocenters. The number of aliphatic hydroxyl groups excluding tert-OH is 1. The lowest BCUT2D eigenvalue weighted by molar-refractivity contribution is 0.0693. The SMILES string of the molecule is O=C(O)c1nc(CN2CCC(O)C2)n2ccccc12. The molecule has 19 heavy (non-hydrogen) atoms. The van der Waals surface area contributed by atoms with Gasteiger partial charge in [0.25, 0.3) is 0 Å². The summed E-state index contributed by atoms with van der Waals surface area (Å²) in [5.41, 5.74) is 0.681. The maximum atomic E-state index is 11.2. The summed E-state index contributed by atoms with van der Waals surface area (Å²) in [4.78, 5) is 17.5. The van der Waals surface area contributed by atoms with Crippen LogP contribution in [0, 0.1) is 0 Å². The highest BCUT2D eigenvalue weighted by atomic mass is 16.4. The van der Waals surface area contributed by atoms with E-state index >= 15 is 0 Å². The quantitative estimate of drug-likeness (QED) is 0.846. The molecule has 6 nitrogen and oxygen atoms in total. The van der Waals surface area contributed by atoms with E-state index in [4.69, 9.17) is 5.11 Å². The van der Waals surface area contributed by atoms with E-state index in [9.17, 15) is 9.90 Å². The maximum Gasteiger partial charge on any atom is 0.356 e. The third-order valence-electron chi connectivity index (χ3n) is 3.44. The maximum absolute atomic E-state index is 11.2. The van der Waals surface area contributed by atoms with Gasteiger partial charge >= 0.3 is 5.97 Å². The minimum absolute atomic E-state index is 0.0790. The zero-order valence-corrected chi connectivity index (χ0v) is 10.4. The Balaban J connectivity index is 1.97. The van der Waals surface area contributed by atoms with Crippen molar-refractivity contribution in [2.75, 3.05) is 13.1 Å². The van der Waals surface area contributed by atoms with Gasteiger partial charge in [0.1, 0.15) is 5.82 Å². The number of hydrogen-bond acceptors (Lipinski definition) is 4. The number of fused-ring (bicyclic) bond motifs is 1. The smallest absolute Gasteiger partial charge is 0.356 e. The molecule has 1 fully saturated rings. The van der Waals surface area contributed by atoms with Crippen molar-refractivity contribution in [3.8, 4) is 0 Å². The molecule has 0 aliphatic carbocycles. The van der Waals surface area contributed by atoms with Gasteiger partial charge in [-0.25, -0.2) is 9.78 Å². The van der Waals surface area contributed by atoms with E-state index in [1.54, 1.807) is 16.5 Å². The number of aliphatic hydroxyl groups is 1. The van der Waals surface area contributed by atoms with E-state index in [2.05, 4.69) is 9.88 Å². The second-order valence-electron chi connectivity index (χ2n) is 4.82. The third kappa shape index (κ3) is 2.20. The normalized spacial score (nSPS) is 20.2. The number of aromatic nitrogens is 2. The fourth-order valence-electron chi connectivity index (χ4n) is 2.53. The van der Waals surface area contributed by atoms with Crippen molar-refractivity contribution in [2.45, 2.75) is 19.1 Å². The van der Waals surface area contributed by atoms with E-state index in [1.807, 2.05) is 12.3 Å². The molecular formula is C13H15N3O3.